The maximum atomic E-state index is 8.97. The third kappa shape index (κ3) is 3.30. The quantitative estimate of drug-likeness (QED) is 0.885. The molecule has 0 aliphatic rings. The summed E-state index contributed by atoms with van der Waals surface area (Å²) in [5, 5.41) is 8.97. The topological polar surface area (TPSA) is 71.9 Å². The van der Waals surface area contributed by atoms with Gasteiger partial charge in [-0.3, -0.25) is 0 Å². The fourth-order valence-corrected chi connectivity index (χ4v) is 1.82. The summed E-state index contributed by atoms with van der Waals surface area (Å²) in [6, 6.07) is 13.5. The average molecular weight is 253 g/mol. The third-order valence-electron chi connectivity index (χ3n) is 2.77. The number of hydrogen-bond donors (Lipinski definition) is 1. The van der Waals surface area contributed by atoms with E-state index >= 15 is 0 Å². The second-order valence-electron chi connectivity index (χ2n) is 4.06. The Balaban J connectivity index is 2.13. The highest BCUT2D eigenvalue weighted by Crippen LogP contribution is 2.20. The lowest BCUT2D eigenvalue weighted by molar-refractivity contribution is 0.302. The van der Waals surface area contributed by atoms with Crippen molar-refractivity contribution >= 4 is 0 Å². The number of pyridine rings is 1. The van der Waals surface area contributed by atoms with Gasteiger partial charge in [0, 0.05) is 11.8 Å². The smallest absolute Gasteiger partial charge is 0.147 e. The van der Waals surface area contributed by atoms with Crippen molar-refractivity contribution in [3.05, 3.63) is 59.4 Å². The Morgan fingerprint density at radius 1 is 1.16 bits per heavy atom. The number of ether oxygens (including phenoxy) is 1. The molecule has 0 bridgehead atoms. The molecule has 2 rings (SSSR count). The summed E-state index contributed by atoms with van der Waals surface area (Å²) >= 11 is 0. The van der Waals surface area contributed by atoms with E-state index < -0.39 is 0 Å². The normalized spacial score (nSPS) is 9.89. The Morgan fingerprint density at radius 3 is 2.74 bits per heavy atom. The van der Waals surface area contributed by atoms with E-state index in [0.717, 1.165) is 23.3 Å². The predicted octanol–water partition coefficient (Wildman–Crippen LogP) is 2.03. The number of benzene rings is 1. The summed E-state index contributed by atoms with van der Waals surface area (Å²) < 4.78 is 5.77. The maximum Gasteiger partial charge on any atom is 0.147 e. The van der Waals surface area contributed by atoms with E-state index in [4.69, 9.17) is 15.7 Å². The van der Waals surface area contributed by atoms with Gasteiger partial charge in [0.1, 0.15) is 24.1 Å². The van der Waals surface area contributed by atoms with Gasteiger partial charge in [-0.2, -0.15) is 5.26 Å². The van der Waals surface area contributed by atoms with Crippen LogP contribution in [0.25, 0.3) is 0 Å². The molecule has 0 aliphatic heterocycles. The SMILES string of the molecule is N#Cc1ncccc1COc1ccccc1CCN. The number of nitriles is 1. The van der Waals surface area contributed by atoms with Crippen LogP contribution in [-0.4, -0.2) is 11.5 Å². The van der Waals surface area contributed by atoms with Crippen LogP contribution in [0.1, 0.15) is 16.8 Å². The van der Waals surface area contributed by atoms with Crippen LogP contribution in [0.3, 0.4) is 0 Å². The Kier molecular flexibility index (Phi) is 4.49. The van der Waals surface area contributed by atoms with Gasteiger partial charge in [0.05, 0.1) is 0 Å². The monoisotopic (exact) mass is 253 g/mol. The van der Waals surface area contributed by atoms with Crippen molar-refractivity contribution in [1.29, 1.82) is 5.26 Å². The van der Waals surface area contributed by atoms with Crippen molar-refractivity contribution < 1.29 is 4.74 Å². The molecule has 0 spiro atoms. The molecule has 2 aromatic rings. The highest BCUT2D eigenvalue weighted by Gasteiger charge is 2.06. The average Bonchev–Trinajstić information content (AvgIpc) is 2.47. The van der Waals surface area contributed by atoms with E-state index in [9.17, 15) is 0 Å². The van der Waals surface area contributed by atoms with Gasteiger partial charge in [-0.25, -0.2) is 4.98 Å². The standard InChI is InChI=1S/C15H15N3O/c16-8-7-12-4-1-2-6-15(12)19-11-13-5-3-9-18-14(13)10-17/h1-6,9H,7-8,11,16H2. The second kappa shape index (κ2) is 6.53. The van der Waals surface area contributed by atoms with E-state index in [1.54, 1.807) is 12.3 Å². The van der Waals surface area contributed by atoms with Crippen molar-refractivity contribution in [1.82, 2.24) is 4.98 Å². The molecule has 4 heteroatoms. The van der Waals surface area contributed by atoms with Gasteiger partial charge in [-0.1, -0.05) is 24.3 Å². The summed E-state index contributed by atoms with van der Waals surface area (Å²) in [6.45, 7) is 0.912. The Hall–Kier alpha value is -2.38. The summed E-state index contributed by atoms with van der Waals surface area (Å²) in [6.07, 6.45) is 2.37. The first-order valence-electron chi connectivity index (χ1n) is 6.10. The molecule has 0 saturated heterocycles. The maximum absolute atomic E-state index is 8.97. The van der Waals surface area contributed by atoms with Crippen LogP contribution in [0.5, 0.6) is 5.75 Å². The molecule has 0 fully saturated rings. The Labute approximate surface area is 112 Å². The fraction of sp³-hybridized carbons (Fsp3) is 0.200. The Morgan fingerprint density at radius 2 is 1.95 bits per heavy atom. The van der Waals surface area contributed by atoms with Gasteiger partial charge in [0.15, 0.2) is 0 Å². The number of rotatable bonds is 5. The molecule has 96 valence electrons. The number of nitrogens with zero attached hydrogens (tertiary/aromatic N) is 2. The first-order chi connectivity index (χ1) is 9.35. The van der Waals surface area contributed by atoms with Crippen LogP contribution in [0.15, 0.2) is 42.6 Å². The molecule has 1 aromatic carbocycles. The van der Waals surface area contributed by atoms with Crippen molar-refractivity contribution in [2.45, 2.75) is 13.0 Å². The van der Waals surface area contributed by atoms with Crippen LogP contribution in [0.4, 0.5) is 0 Å². The van der Waals surface area contributed by atoms with Crippen molar-refractivity contribution in [3.63, 3.8) is 0 Å². The Bertz CT molecular complexity index is 590. The number of aromatic nitrogens is 1. The lowest BCUT2D eigenvalue weighted by Crippen LogP contribution is -2.06. The summed E-state index contributed by atoms with van der Waals surface area (Å²) in [5.74, 6) is 0.806. The predicted molar refractivity (Wildman–Crippen MR) is 72.5 cm³/mol. The van der Waals surface area contributed by atoms with Gasteiger partial charge in [0.2, 0.25) is 0 Å². The summed E-state index contributed by atoms with van der Waals surface area (Å²) in [7, 11) is 0. The molecule has 0 unspecified atom stereocenters. The molecule has 2 N–H and O–H groups in total. The lowest BCUT2D eigenvalue weighted by Gasteiger charge is -2.11. The molecule has 0 amide bonds. The van der Waals surface area contributed by atoms with E-state index in [1.165, 1.54) is 0 Å². The van der Waals surface area contributed by atoms with Gasteiger partial charge >= 0.3 is 0 Å². The second-order valence-corrected chi connectivity index (χ2v) is 4.06. The minimum atomic E-state index is 0.332. The molecule has 0 saturated carbocycles. The molecular formula is C15H15N3O. The number of para-hydroxylation sites is 1. The van der Waals surface area contributed by atoms with Gasteiger partial charge in [0.25, 0.3) is 0 Å². The highest BCUT2D eigenvalue weighted by atomic mass is 16.5. The van der Waals surface area contributed by atoms with E-state index in [1.807, 2.05) is 30.3 Å². The molecule has 0 atom stereocenters. The van der Waals surface area contributed by atoms with Crippen LogP contribution in [0.2, 0.25) is 0 Å². The molecular weight excluding hydrogens is 238 g/mol. The van der Waals surface area contributed by atoms with Crippen molar-refractivity contribution in [2.75, 3.05) is 6.54 Å². The van der Waals surface area contributed by atoms with Crippen LogP contribution in [-0.2, 0) is 13.0 Å². The molecule has 0 radical (unpaired) electrons. The minimum Gasteiger partial charge on any atom is -0.489 e. The highest BCUT2D eigenvalue weighted by molar-refractivity contribution is 5.35. The summed E-state index contributed by atoms with van der Waals surface area (Å²) in [4.78, 5) is 4.01. The fourth-order valence-electron chi connectivity index (χ4n) is 1.82. The first kappa shape index (κ1) is 13.1. The molecule has 19 heavy (non-hydrogen) atoms. The first-order valence-corrected chi connectivity index (χ1v) is 6.10. The number of nitrogens with two attached hydrogens (primary N) is 1. The molecule has 1 aromatic heterocycles. The minimum absolute atomic E-state index is 0.332. The zero-order chi connectivity index (χ0) is 13.5. The van der Waals surface area contributed by atoms with E-state index in [2.05, 4.69) is 11.1 Å². The summed E-state index contributed by atoms with van der Waals surface area (Å²) in [5.41, 5.74) is 7.84. The van der Waals surface area contributed by atoms with E-state index in [-0.39, 0.29) is 0 Å². The van der Waals surface area contributed by atoms with Crippen molar-refractivity contribution in [3.8, 4) is 11.8 Å². The molecule has 1 heterocycles. The van der Waals surface area contributed by atoms with Crippen LogP contribution in [0, 0.1) is 11.3 Å². The molecule has 4 nitrogen and oxygen atoms in total. The van der Waals surface area contributed by atoms with Gasteiger partial charge in [-0.15, -0.1) is 0 Å². The van der Waals surface area contributed by atoms with Crippen LogP contribution >= 0.6 is 0 Å². The third-order valence-corrected chi connectivity index (χ3v) is 2.77. The zero-order valence-corrected chi connectivity index (χ0v) is 10.5. The lowest BCUT2D eigenvalue weighted by atomic mass is 10.1. The zero-order valence-electron chi connectivity index (χ0n) is 10.5. The van der Waals surface area contributed by atoms with Crippen molar-refractivity contribution in [2.24, 2.45) is 5.73 Å². The van der Waals surface area contributed by atoms with Gasteiger partial charge in [-0.05, 0) is 30.7 Å². The van der Waals surface area contributed by atoms with E-state index in [0.29, 0.717) is 18.8 Å². The molecule has 0 aliphatic carbocycles. The van der Waals surface area contributed by atoms with Gasteiger partial charge < -0.3 is 10.5 Å². The number of hydrogen-bond acceptors (Lipinski definition) is 4. The largest absolute Gasteiger partial charge is 0.489 e. The van der Waals surface area contributed by atoms with Crippen LogP contribution < -0.4 is 10.5 Å².